The van der Waals surface area contributed by atoms with Crippen LogP contribution in [0.4, 0.5) is 5.82 Å². The van der Waals surface area contributed by atoms with Gasteiger partial charge in [0, 0.05) is 62.7 Å². The Hall–Kier alpha value is -2.84. The molecule has 0 aliphatic carbocycles. The maximum absolute atomic E-state index is 12.8. The van der Waals surface area contributed by atoms with Gasteiger partial charge in [0.25, 0.3) is 0 Å². The molecule has 34 heavy (non-hydrogen) atoms. The third-order valence-corrected chi connectivity index (χ3v) is 8.45. The van der Waals surface area contributed by atoms with Gasteiger partial charge in [0.1, 0.15) is 5.82 Å². The van der Waals surface area contributed by atoms with Gasteiger partial charge in [0.15, 0.2) is 15.7 Å². The molecule has 7 nitrogen and oxygen atoms in total. The normalized spacial score (nSPS) is 17.2. The van der Waals surface area contributed by atoms with Crippen LogP contribution in [0.5, 0.6) is 0 Å². The van der Waals surface area contributed by atoms with Crippen LogP contribution in [-0.2, 0) is 22.8 Å². The van der Waals surface area contributed by atoms with Gasteiger partial charge in [0.05, 0.1) is 16.3 Å². The molecular weight excluding hydrogens is 446 g/mol. The van der Waals surface area contributed by atoms with Gasteiger partial charge in [-0.1, -0.05) is 31.0 Å². The van der Waals surface area contributed by atoms with Gasteiger partial charge in [-0.15, -0.1) is 0 Å². The molecule has 2 aliphatic heterocycles. The van der Waals surface area contributed by atoms with Crippen molar-refractivity contribution in [3.05, 3.63) is 66.1 Å². The molecule has 0 spiro atoms. The summed E-state index contributed by atoms with van der Waals surface area (Å²) in [6.07, 6.45) is 9.19. The maximum atomic E-state index is 12.8. The topological polar surface area (TPSA) is 79.3 Å². The van der Waals surface area contributed by atoms with Crippen molar-refractivity contribution in [3.8, 4) is 11.4 Å². The fourth-order valence-electron chi connectivity index (χ4n) is 4.81. The first-order valence-electron chi connectivity index (χ1n) is 12.2. The van der Waals surface area contributed by atoms with Crippen LogP contribution in [0.15, 0.2) is 59.8 Å². The fourth-order valence-corrected chi connectivity index (χ4v) is 6.12. The van der Waals surface area contributed by atoms with Gasteiger partial charge in [-0.05, 0) is 37.1 Å². The Bertz CT molecular complexity index is 1210. The number of rotatable bonds is 6. The van der Waals surface area contributed by atoms with Crippen LogP contribution in [0.2, 0.25) is 0 Å². The summed E-state index contributed by atoms with van der Waals surface area (Å²) >= 11 is 0. The summed E-state index contributed by atoms with van der Waals surface area (Å²) in [5.41, 5.74) is 3.22. The Morgan fingerprint density at radius 3 is 2.32 bits per heavy atom. The van der Waals surface area contributed by atoms with Crippen molar-refractivity contribution >= 4 is 15.7 Å². The summed E-state index contributed by atoms with van der Waals surface area (Å²) in [5.74, 6) is 1.89. The number of hydrogen-bond acceptors (Lipinski definition) is 7. The van der Waals surface area contributed by atoms with E-state index in [2.05, 4.69) is 14.8 Å². The number of fused-ring (bicyclic) bond motifs is 1. The average molecular weight is 478 g/mol. The molecule has 5 rings (SSSR count). The Kier molecular flexibility index (Phi) is 6.87. The molecule has 1 saturated heterocycles. The quantitative estimate of drug-likeness (QED) is 0.535. The van der Waals surface area contributed by atoms with Crippen LogP contribution in [0.25, 0.3) is 11.4 Å². The summed E-state index contributed by atoms with van der Waals surface area (Å²) in [5, 5.41) is 0. The van der Waals surface area contributed by atoms with Crippen molar-refractivity contribution < 1.29 is 8.42 Å². The van der Waals surface area contributed by atoms with E-state index in [-0.39, 0.29) is 5.75 Å². The number of sulfone groups is 1. The van der Waals surface area contributed by atoms with Crippen LogP contribution in [-0.4, -0.2) is 60.2 Å². The molecule has 2 aromatic heterocycles. The average Bonchev–Trinajstić information content (AvgIpc) is 3.17. The first kappa shape index (κ1) is 22.9. The van der Waals surface area contributed by atoms with Gasteiger partial charge in [0.2, 0.25) is 0 Å². The molecule has 1 aromatic carbocycles. The minimum Gasteiger partial charge on any atom is -0.356 e. The number of anilines is 1. The highest BCUT2D eigenvalue weighted by molar-refractivity contribution is 7.91. The van der Waals surface area contributed by atoms with Crippen LogP contribution >= 0.6 is 0 Å². The van der Waals surface area contributed by atoms with E-state index < -0.39 is 9.84 Å². The van der Waals surface area contributed by atoms with Crippen molar-refractivity contribution in [2.24, 2.45) is 0 Å². The summed E-state index contributed by atoms with van der Waals surface area (Å²) < 4.78 is 25.6. The van der Waals surface area contributed by atoms with Gasteiger partial charge in [-0.25, -0.2) is 18.4 Å². The fraction of sp³-hybridized carbons (Fsp3) is 0.423. The zero-order chi connectivity index (χ0) is 23.4. The molecule has 8 heteroatoms. The largest absolute Gasteiger partial charge is 0.356 e. The maximum Gasteiger partial charge on any atom is 0.179 e. The Morgan fingerprint density at radius 2 is 1.59 bits per heavy atom. The van der Waals surface area contributed by atoms with Crippen molar-refractivity contribution in [2.75, 3.05) is 36.8 Å². The SMILES string of the molecule is O=S(=O)(CCN1CCc2nc(-c3ccncc3)nc(N3CCCCCC3)c2C1)c1ccccc1. The molecule has 0 amide bonds. The van der Waals surface area contributed by atoms with Crippen molar-refractivity contribution in [1.82, 2.24) is 19.9 Å². The molecule has 1 fully saturated rings. The molecule has 4 heterocycles. The monoisotopic (exact) mass is 477 g/mol. The predicted octanol–water partition coefficient (Wildman–Crippen LogP) is 3.75. The highest BCUT2D eigenvalue weighted by Gasteiger charge is 2.27. The van der Waals surface area contributed by atoms with E-state index in [4.69, 9.17) is 9.97 Å². The lowest BCUT2D eigenvalue weighted by Gasteiger charge is -2.32. The zero-order valence-corrected chi connectivity index (χ0v) is 20.3. The lowest BCUT2D eigenvalue weighted by molar-refractivity contribution is 0.266. The minimum absolute atomic E-state index is 0.112. The minimum atomic E-state index is -3.30. The molecule has 0 atom stereocenters. The summed E-state index contributed by atoms with van der Waals surface area (Å²) in [4.78, 5) is 19.2. The van der Waals surface area contributed by atoms with Crippen molar-refractivity contribution in [3.63, 3.8) is 0 Å². The summed E-state index contributed by atoms with van der Waals surface area (Å²) in [6, 6.07) is 12.6. The smallest absolute Gasteiger partial charge is 0.179 e. The van der Waals surface area contributed by atoms with Crippen molar-refractivity contribution in [1.29, 1.82) is 0 Å². The molecule has 3 aromatic rings. The van der Waals surface area contributed by atoms with Crippen LogP contribution in [0.1, 0.15) is 36.9 Å². The van der Waals surface area contributed by atoms with Gasteiger partial charge >= 0.3 is 0 Å². The van der Waals surface area contributed by atoms with E-state index in [1.807, 2.05) is 18.2 Å². The lowest BCUT2D eigenvalue weighted by atomic mass is 10.0. The zero-order valence-electron chi connectivity index (χ0n) is 19.4. The first-order chi connectivity index (χ1) is 16.6. The first-order valence-corrected chi connectivity index (χ1v) is 13.8. The second kappa shape index (κ2) is 10.2. The predicted molar refractivity (Wildman–Crippen MR) is 133 cm³/mol. The van der Waals surface area contributed by atoms with Crippen molar-refractivity contribution in [2.45, 2.75) is 43.5 Å². The number of hydrogen-bond donors (Lipinski definition) is 0. The molecule has 0 radical (unpaired) electrons. The lowest BCUT2D eigenvalue weighted by Crippen LogP contribution is -2.37. The Labute approximate surface area is 201 Å². The highest BCUT2D eigenvalue weighted by atomic mass is 32.2. The molecular formula is C26H31N5O2S. The number of benzene rings is 1. The van der Waals surface area contributed by atoms with Crippen LogP contribution in [0, 0.1) is 0 Å². The van der Waals surface area contributed by atoms with Gasteiger partial charge in [-0.2, -0.15) is 0 Å². The van der Waals surface area contributed by atoms with Crippen LogP contribution < -0.4 is 4.90 Å². The van der Waals surface area contributed by atoms with E-state index in [0.717, 1.165) is 54.5 Å². The molecule has 0 bridgehead atoms. The molecule has 2 aliphatic rings. The van der Waals surface area contributed by atoms with E-state index in [9.17, 15) is 8.42 Å². The number of pyridine rings is 1. The van der Waals surface area contributed by atoms with Gasteiger partial charge in [-0.3, -0.25) is 9.88 Å². The molecule has 0 N–H and O–H groups in total. The second-order valence-electron chi connectivity index (χ2n) is 9.09. The van der Waals surface area contributed by atoms with E-state index in [0.29, 0.717) is 18.0 Å². The standard InChI is InChI=1S/C26H31N5O2S/c32-34(33,22-8-4-3-5-9-22)19-18-30-17-12-24-23(20-30)26(31-15-6-1-2-7-16-31)29-25(28-24)21-10-13-27-14-11-21/h3-5,8-11,13-14H,1-2,6-7,12,15-20H2. The van der Waals surface area contributed by atoms with Gasteiger partial charge < -0.3 is 4.90 Å². The van der Waals surface area contributed by atoms with Crippen LogP contribution in [0.3, 0.4) is 0 Å². The third kappa shape index (κ3) is 5.13. The number of nitrogens with zero attached hydrogens (tertiary/aromatic N) is 5. The second-order valence-corrected chi connectivity index (χ2v) is 11.2. The Morgan fingerprint density at radius 1 is 0.853 bits per heavy atom. The molecule has 0 saturated carbocycles. The van der Waals surface area contributed by atoms with E-state index in [1.165, 1.54) is 25.7 Å². The van der Waals surface area contributed by atoms with E-state index in [1.54, 1.807) is 36.7 Å². The van der Waals surface area contributed by atoms with E-state index >= 15 is 0 Å². The summed E-state index contributed by atoms with van der Waals surface area (Å²) in [6.45, 7) is 3.98. The number of aromatic nitrogens is 3. The molecule has 0 unspecified atom stereocenters. The Balaban J connectivity index is 1.41. The highest BCUT2D eigenvalue weighted by Crippen LogP contribution is 2.31. The summed E-state index contributed by atoms with van der Waals surface area (Å²) in [7, 11) is -3.30. The molecule has 178 valence electrons. The third-order valence-electron chi connectivity index (χ3n) is 6.74.